The summed E-state index contributed by atoms with van der Waals surface area (Å²) in [4.78, 5) is 0. The summed E-state index contributed by atoms with van der Waals surface area (Å²) in [6.45, 7) is 10.6. The molecular formula is C8H18NP. The molecule has 0 radical (unpaired) electrons. The van der Waals surface area contributed by atoms with Crippen LogP contribution < -0.4 is 0 Å². The van der Waals surface area contributed by atoms with E-state index in [1.54, 1.807) is 0 Å². The topological polar surface area (TPSA) is 23.9 Å². The SMILES string of the molecule is CC(C)PC(=N)C(C)(C)C. The van der Waals surface area contributed by atoms with Crippen molar-refractivity contribution in [2.24, 2.45) is 5.41 Å². The quantitative estimate of drug-likeness (QED) is 0.473. The van der Waals surface area contributed by atoms with Crippen molar-refractivity contribution in [2.75, 3.05) is 0 Å². The lowest BCUT2D eigenvalue weighted by molar-refractivity contribution is 0.597. The molecule has 2 heteroatoms. The van der Waals surface area contributed by atoms with E-state index < -0.39 is 0 Å². The molecule has 1 atom stereocenters. The van der Waals surface area contributed by atoms with E-state index in [1.165, 1.54) is 0 Å². The second kappa shape index (κ2) is 3.48. The first-order valence-corrected chi connectivity index (χ1v) is 4.77. The lowest BCUT2D eigenvalue weighted by atomic mass is 9.99. The molecule has 0 aliphatic carbocycles. The summed E-state index contributed by atoms with van der Waals surface area (Å²) in [5.41, 5.74) is 1.62. The monoisotopic (exact) mass is 159 g/mol. The van der Waals surface area contributed by atoms with Gasteiger partial charge in [-0.3, -0.25) is 0 Å². The largest absolute Gasteiger partial charge is 0.305 e. The smallest absolute Gasteiger partial charge is 0.0343 e. The number of hydrogen-bond acceptors (Lipinski definition) is 1. The molecule has 0 spiro atoms. The van der Waals surface area contributed by atoms with Crippen LogP contribution in [0, 0.1) is 10.8 Å². The van der Waals surface area contributed by atoms with E-state index in [0.717, 1.165) is 5.45 Å². The lowest BCUT2D eigenvalue weighted by Gasteiger charge is -2.20. The first-order valence-electron chi connectivity index (χ1n) is 3.69. The molecule has 0 heterocycles. The molecule has 60 valence electrons. The molecule has 0 bridgehead atoms. The van der Waals surface area contributed by atoms with Crippen LogP contribution in [-0.4, -0.2) is 11.1 Å². The summed E-state index contributed by atoms with van der Waals surface area (Å²) in [7, 11) is 0.697. The zero-order valence-corrected chi connectivity index (χ0v) is 8.58. The van der Waals surface area contributed by atoms with Crippen molar-refractivity contribution in [1.82, 2.24) is 0 Å². The minimum atomic E-state index is 0.0860. The van der Waals surface area contributed by atoms with Crippen molar-refractivity contribution in [3.8, 4) is 0 Å². The highest BCUT2D eigenvalue weighted by Crippen LogP contribution is 2.30. The van der Waals surface area contributed by atoms with E-state index in [9.17, 15) is 0 Å². The predicted octanol–water partition coefficient (Wildman–Crippen LogP) is 3.10. The van der Waals surface area contributed by atoms with Crippen LogP contribution in [0.2, 0.25) is 0 Å². The maximum Gasteiger partial charge on any atom is 0.0343 e. The van der Waals surface area contributed by atoms with Gasteiger partial charge in [0.2, 0.25) is 0 Å². The van der Waals surface area contributed by atoms with Gasteiger partial charge in [0.25, 0.3) is 0 Å². The molecule has 0 fully saturated rings. The van der Waals surface area contributed by atoms with Gasteiger partial charge in [-0.15, -0.1) is 0 Å². The van der Waals surface area contributed by atoms with E-state index in [4.69, 9.17) is 5.41 Å². The van der Waals surface area contributed by atoms with Gasteiger partial charge in [0.05, 0.1) is 0 Å². The molecule has 0 saturated carbocycles. The van der Waals surface area contributed by atoms with Gasteiger partial charge in [0.1, 0.15) is 0 Å². The molecule has 10 heavy (non-hydrogen) atoms. The van der Waals surface area contributed by atoms with Gasteiger partial charge >= 0.3 is 0 Å². The normalized spacial score (nSPS) is 13.4. The van der Waals surface area contributed by atoms with Crippen LogP contribution in [0.1, 0.15) is 34.6 Å². The van der Waals surface area contributed by atoms with E-state index in [-0.39, 0.29) is 5.41 Å². The highest BCUT2D eigenvalue weighted by Gasteiger charge is 2.17. The summed E-state index contributed by atoms with van der Waals surface area (Å²) in [6, 6.07) is 0. The Bertz CT molecular complexity index is 122. The van der Waals surface area contributed by atoms with E-state index in [0.29, 0.717) is 14.2 Å². The average Bonchev–Trinajstić information content (AvgIpc) is 1.60. The molecule has 0 aliphatic rings. The Balaban J connectivity index is 3.87. The molecule has 0 aliphatic heterocycles. The molecule has 0 rings (SSSR count). The fourth-order valence-corrected chi connectivity index (χ4v) is 1.52. The third kappa shape index (κ3) is 4.00. The van der Waals surface area contributed by atoms with Gasteiger partial charge < -0.3 is 5.41 Å². The Hall–Kier alpha value is 0.100. The van der Waals surface area contributed by atoms with E-state index in [2.05, 4.69) is 34.6 Å². The summed E-state index contributed by atoms with van der Waals surface area (Å²) in [6.07, 6.45) is 0. The Kier molecular flexibility index (Phi) is 3.51. The predicted molar refractivity (Wildman–Crippen MR) is 50.6 cm³/mol. The molecule has 0 amide bonds. The molecule has 1 nitrogen and oxygen atoms in total. The molecule has 0 aromatic rings. The summed E-state index contributed by atoms with van der Waals surface area (Å²) in [5.74, 6) is 0. The van der Waals surface area contributed by atoms with Gasteiger partial charge in [0.15, 0.2) is 0 Å². The first kappa shape index (κ1) is 10.1. The van der Waals surface area contributed by atoms with Crippen LogP contribution in [0.3, 0.4) is 0 Å². The van der Waals surface area contributed by atoms with Gasteiger partial charge in [-0.25, -0.2) is 0 Å². The second-order valence-corrected chi connectivity index (χ2v) is 5.87. The minimum absolute atomic E-state index is 0.0860. The van der Waals surface area contributed by atoms with Crippen LogP contribution in [0.5, 0.6) is 0 Å². The van der Waals surface area contributed by atoms with E-state index >= 15 is 0 Å². The highest BCUT2D eigenvalue weighted by atomic mass is 31.1. The molecular weight excluding hydrogens is 141 g/mol. The molecule has 0 aromatic heterocycles. The maximum atomic E-state index is 7.68. The van der Waals surface area contributed by atoms with Crippen LogP contribution in [-0.2, 0) is 0 Å². The van der Waals surface area contributed by atoms with E-state index in [1.807, 2.05) is 0 Å². The van der Waals surface area contributed by atoms with Crippen molar-refractivity contribution < 1.29 is 0 Å². The molecule has 1 N–H and O–H groups in total. The van der Waals surface area contributed by atoms with Crippen molar-refractivity contribution in [2.45, 2.75) is 40.3 Å². The molecule has 0 saturated heterocycles. The van der Waals surface area contributed by atoms with Gasteiger partial charge in [-0.05, 0) is 5.66 Å². The Morgan fingerprint density at radius 2 is 1.70 bits per heavy atom. The van der Waals surface area contributed by atoms with Gasteiger partial charge in [-0.1, -0.05) is 43.2 Å². The summed E-state index contributed by atoms with van der Waals surface area (Å²) in [5, 5.41) is 7.68. The Morgan fingerprint density at radius 3 is 1.80 bits per heavy atom. The summed E-state index contributed by atoms with van der Waals surface area (Å²) >= 11 is 0. The zero-order chi connectivity index (χ0) is 8.36. The third-order valence-electron chi connectivity index (χ3n) is 1.18. The fraction of sp³-hybridized carbons (Fsp3) is 0.875. The van der Waals surface area contributed by atoms with Crippen LogP contribution in [0.25, 0.3) is 0 Å². The minimum Gasteiger partial charge on any atom is -0.305 e. The number of hydrogen-bond donors (Lipinski definition) is 1. The summed E-state index contributed by atoms with van der Waals surface area (Å²) < 4.78 is 0. The molecule has 1 unspecified atom stereocenters. The zero-order valence-electron chi connectivity index (χ0n) is 7.58. The standard InChI is InChI=1S/C8H18NP/c1-6(2)10-7(9)8(3,4)5/h6,9-10H,1-5H3. The third-order valence-corrected chi connectivity index (χ3v) is 2.80. The Labute approximate surface area is 65.9 Å². The molecule has 0 aromatic carbocycles. The van der Waals surface area contributed by atoms with Gasteiger partial charge in [0, 0.05) is 10.9 Å². The van der Waals surface area contributed by atoms with Crippen LogP contribution >= 0.6 is 8.58 Å². The number of rotatable bonds is 2. The fourth-order valence-electron chi connectivity index (χ4n) is 0.505. The van der Waals surface area contributed by atoms with Crippen molar-refractivity contribution in [3.63, 3.8) is 0 Å². The van der Waals surface area contributed by atoms with Crippen molar-refractivity contribution in [3.05, 3.63) is 0 Å². The van der Waals surface area contributed by atoms with Crippen molar-refractivity contribution in [1.29, 1.82) is 5.41 Å². The first-order chi connectivity index (χ1) is 4.34. The Morgan fingerprint density at radius 1 is 1.30 bits per heavy atom. The van der Waals surface area contributed by atoms with Gasteiger partial charge in [-0.2, -0.15) is 0 Å². The lowest BCUT2D eigenvalue weighted by Crippen LogP contribution is -2.15. The number of nitrogens with one attached hydrogen (secondary N) is 1. The van der Waals surface area contributed by atoms with Crippen LogP contribution in [0.4, 0.5) is 0 Å². The maximum absolute atomic E-state index is 7.68. The highest BCUT2D eigenvalue weighted by molar-refractivity contribution is 7.59. The second-order valence-electron chi connectivity index (χ2n) is 3.92. The van der Waals surface area contributed by atoms with Crippen molar-refractivity contribution >= 4 is 14.0 Å². The van der Waals surface area contributed by atoms with Crippen LogP contribution in [0.15, 0.2) is 0 Å². The average molecular weight is 159 g/mol.